The summed E-state index contributed by atoms with van der Waals surface area (Å²) in [6, 6.07) is 7.67. The predicted molar refractivity (Wildman–Crippen MR) is 133 cm³/mol. The zero-order valence-corrected chi connectivity index (χ0v) is 21.1. The largest absolute Gasteiger partial charge is 0.489 e. The monoisotopic (exact) mass is 544 g/mol. The molecule has 1 aliphatic heterocycles. The number of aromatic nitrogens is 3. The molecule has 10 heteroatoms. The SMILES string of the molecule is CS(=O)(=O)c1ccc(-n2cc(Br)c(OC3CCN(c4ncc(C5CC5)cn4)CC3)cc2=O)cc1. The Morgan fingerprint density at radius 3 is 2.26 bits per heavy atom. The van der Waals surface area contributed by atoms with Gasteiger partial charge in [-0.25, -0.2) is 18.4 Å². The first-order chi connectivity index (χ1) is 16.3. The van der Waals surface area contributed by atoms with Gasteiger partial charge in [0.05, 0.1) is 9.37 Å². The summed E-state index contributed by atoms with van der Waals surface area (Å²) in [5.74, 6) is 1.90. The fourth-order valence-electron chi connectivity index (χ4n) is 4.11. The van der Waals surface area contributed by atoms with Crippen LogP contribution < -0.4 is 15.2 Å². The number of nitrogens with zero attached hydrogens (tertiary/aromatic N) is 4. The van der Waals surface area contributed by atoms with Gasteiger partial charge in [0.15, 0.2) is 9.84 Å². The number of anilines is 1. The molecule has 2 aromatic heterocycles. The topological polar surface area (TPSA) is 94.4 Å². The van der Waals surface area contributed by atoms with Gasteiger partial charge in [0.1, 0.15) is 11.9 Å². The fraction of sp³-hybridized carbons (Fsp3) is 0.375. The van der Waals surface area contributed by atoms with E-state index in [1.807, 2.05) is 12.4 Å². The van der Waals surface area contributed by atoms with Crippen LogP contribution in [0, 0.1) is 0 Å². The van der Waals surface area contributed by atoms with Crippen molar-refractivity contribution < 1.29 is 13.2 Å². The lowest BCUT2D eigenvalue weighted by molar-refractivity contribution is 0.169. The van der Waals surface area contributed by atoms with Crippen LogP contribution >= 0.6 is 15.9 Å². The second-order valence-electron chi connectivity index (χ2n) is 8.85. The van der Waals surface area contributed by atoms with E-state index in [0.717, 1.165) is 38.1 Å². The third-order valence-corrected chi connectivity index (χ3v) is 7.96. The molecule has 178 valence electrons. The predicted octanol–water partition coefficient (Wildman–Crippen LogP) is 3.72. The normalized spacial score (nSPS) is 17.1. The highest BCUT2D eigenvalue weighted by Gasteiger charge is 2.26. The molecule has 1 aromatic carbocycles. The molecule has 3 heterocycles. The van der Waals surface area contributed by atoms with Crippen LogP contribution in [0.4, 0.5) is 5.95 Å². The van der Waals surface area contributed by atoms with Crippen LogP contribution in [0.3, 0.4) is 0 Å². The molecule has 5 rings (SSSR count). The van der Waals surface area contributed by atoms with E-state index in [-0.39, 0.29) is 16.6 Å². The fourth-order valence-corrected chi connectivity index (χ4v) is 5.16. The molecule has 0 amide bonds. The molecule has 1 saturated carbocycles. The molecule has 0 atom stereocenters. The van der Waals surface area contributed by atoms with Gasteiger partial charge in [-0.15, -0.1) is 0 Å². The first kappa shape index (κ1) is 23.0. The molecule has 0 spiro atoms. The molecule has 3 aromatic rings. The average molecular weight is 545 g/mol. The van der Waals surface area contributed by atoms with Gasteiger partial charge in [0.2, 0.25) is 5.95 Å². The van der Waals surface area contributed by atoms with E-state index in [4.69, 9.17) is 4.74 Å². The van der Waals surface area contributed by atoms with Crippen molar-refractivity contribution in [3.05, 3.63) is 69.3 Å². The van der Waals surface area contributed by atoms with Crippen LogP contribution in [0.2, 0.25) is 0 Å². The number of hydrogen-bond acceptors (Lipinski definition) is 7. The Morgan fingerprint density at radius 2 is 1.68 bits per heavy atom. The number of sulfone groups is 1. The van der Waals surface area contributed by atoms with Gasteiger partial charge >= 0.3 is 0 Å². The van der Waals surface area contributed by atoms with Gasteiger partial charge in [-0.05, 0) is 64.5 Å². The standard InChI is InChI=1S/C24H25BrN4O4S/c1-34(31,32)20-6-4-18(5-7-20)29-15-21(25)22(12-23(29)30)33-19-8-10-28(11-9-19)24-26-13-17(14-27-24)16-2-3-16/h4-7,12-16,19H,2-3,8-11H2,1H3. The summed E-state index contributed by atoms with van der Waals surface area (Å²) in [6.07, 6.45) is 10.8. The second kappa shape index (κ2) is 9.14. The van der Waals surface area contributed by atoms with E-state index in [1.165, 1.54) is 41.2 Å². The minimum Gasteiger partial charge on any atom is -0.489 e. The summed E-state index contributed by atoms with van der Waals surface area (Å²) >= 11 is 3.51. The summed E-state index contributed by atoms with van der Waals surface area (Å²) < 4.78 is 31.6. The van der Waals surface area contributed by atoms with Crippen molar-refractivity contribution in [2.24, 2.45) is 0 Å². The van der Waals surface area contributed by atoms with Crippen molar-refractivity contribution in [2.45, 2.75) is 42.6 Å². The van der Waals surface area contributed by atoms with E-state index in [9.17, 15) is 13.2 Å². The molecule has 0 unspecified atom stereocenters. The Bertz CT molecular complexity index is 1350. The molecule has 2 aliphatic rings. The molecule has 34 heavy (non-hydrogen) atoms. The summed E-state index contributed by atoms with van der Waals surface area (Å²) in [5.41, 5.74) is 1.55. The zero-order chi connectivity index (χ0) is 23.9. The third-order valence-electron chi connectivity index (χ3n) is 6.24. The van der Waals surface area contributed by atoms with E-state index in [1.54, 1.807) is 18.3 Å². The first-order valence-electron chi connectivity index (χ1n) is 11.2. The van der Waals surface area contributed by atoms with Crippen LogP contribution in [0.25, 0.3) is 5.69 Å². The van der Waals surface area contributed by atoms with Gasteiger partial charge in [-0.2, -0.15) is 0 Å². The van der Waals surface area contributed by atoms with Crippen molar-refractivity contribution in [3.8, 4) is 11.4 Å². The van der Waals surface area contributed by atoms with E-state index in [0.29, 0.717) is 21.8 Å². The third kappa shape index (κ3) is 5.02. The van der Waals surface area contributed by atoms with Crippen LogP contribution in [-0.2, 0) is 9.84 Å². The Morgan fingerprint density at radius 1 is 1.03 bits per heavy atom. The molecule has 0 radical (unpaired) electrons. The molecule has 2 fully saturated rings. The van der Waals surface area contributed by atoms with Gasteiger partial charge in [-0.1, -0.05) is 0 Å². The summed E-state index contributed by atoms with van der Waals surface area (Å²) in [4.78, 5) is 24.2. The minimum atomic E-state index is -3.30. The first-order valence-corrected chi connectivity index (χ1v) is 13.9. The number of hydrogen-bond donors (Lipinski definition) is 0. The van der Waals surface area contributed by atoms with Gasteiger partial charge in [0, 0.05) is 62.5 Å². The second-order valence-corrected chi connectivity index (χ2v) is 11.7. The highest BCUT2D eigenvalue weighted by Crippen LogP contribution is 2.39. The maximum Gasteiger partial charge on any atom is 0.258 e. The Balaban J connectivity index is 1.24. The number of pyridine rings is 1. The highest BCUT2D eigenvalue weighted by molar-refractivity contribution is 9.10. The number of benzene rings is 1. The minimum absolute atomic E-state index is 0.0115. The van der Waals surface area contributed by atoms with Gasteiger partial charge in [-0.3, -0.25) is 9.36 Å². The Hall–Kier alpha value is -2.72. The van der Waals surface area contributed by atoms with Crippen molar-refractivity contribution >= 4 is 31.7 Å². The number of halogens is 1. The van der Waals surface area contributed by atoms with Crippen molar-refractivity contribution in [3.63, 3.8) is 0 Å². The lowest BCUT2D eigenvalue weighted by Gasteiger charge is -2.32. The average Bonchev–Trinajstić information content (AvgIpc) is 3.67. The summed E-state index contributed by atoms with van der Waals surface area (Å²) in [6.45, 7) is 1.57. The molecule has 0 bridgehead atoms. The van der Waals surface area contributed by atoms with Gasteiger partial charge < -0.3 is 9.64 Å². The van der Waals surface area contributed by atoms with Crippen molar-refractivity contribution in [1.82, 2.24) is 14.5 Å². The Labute approximate surface area is 206 Å². The van der Waals surface area contributed by atoms with E-state index < -0.39 is 9.84 Å². The number of piperidine rings is 1. The van der Waals surface area contributed by atoms with Crippen LogP contribution in [0.5, 0.6) is 5.75 Å². The van der Waals surface area contributed by atoms with E-state index >= 15 is 0 Å². The number of rotatable bonds is 6. The number of ether oxygens (including phenoxy) is 1. The van der Waals surface area contributed by atoms with Crippen LogP contribution in [0.15, 0.2) is 63.1 Å². The van der Waals surface area contributed by atoms with Crippen molar-refractivity contribution in [1.29, 1.82) is 0 Å². The van der Waals surface area contributed by atoms with E-state index in [2.05, 4.69) is 30.8 Å². The van der Waals surface area contributed by atoms with Gasteiger partial charge in [0.25, 0.3) is 5.56 Å². The van der Waals surface area contributed by atoms with Crippen LogP contribution in [0.1, 0.15) is 37.2 Å². The maximum absolute atomic E-state index is 12.8. The molecular formula is C24H25BrN4O4S. The molecule has 8 nitrogen and oxygen atoms in total. The quantitative estimate of drug-likeness (QED) is 0.466. The summed E-state index contributed by atoms with van der Waals surface area (Å²) in [7, 11) is -3.30. The molecular weight excluding hydrogens is 520 g/mol. The Kier molecular flexibility index (Phi) is 6.20. The summed E-state index contributed by atoms with van der Waals surface area (Å²) in [5, 5.41) is 0. The van der Waals surface area contributed by atoms with Crippen molar-refractivity contribution in [2.75, 3.05) is 24.2 Å². The molecule has 1 saturated heterocycles. The van der Waals surface area contributed by atoms with Crippen LogP contribution in [-0.4, -0.2) is 48.4 Å². The maximum atomic E-state index is 12.8. The highest BCUT2D eigenvalue weighted by atomic mass is 79.9. The smallest absolute Gasteiger partial charge is 0.258 e. The zero-order valence-electron chi connectivity index (χ0n) is 18.7. The lowest BCUT2D eigenvalue weighted by Crippen LogP contribution is -2.39. The lowest BCUT2D eigenvalue weighted by atomic mass is 10.1. The molecule has 1 aliphatic carbocycles. The molecule has 0 N–H and O–H groups in total.